The molecule has 2 N–H and O–H groups in total. The van der Waals surface area contributed by atoms with Crippen molar-refractivity contribution in [2.45, 2.75) is 24.3 Å². The molecule has 1 unspecified atom stereocenters. The van der Waals surface area contributed by atoms with Gasteiger partial charge in [0.1, 0.15) is 0 Å². The van der Waals surface area contributed by atoms with E-state index in [9.17, 15) is 8.42 Å². The summed E-state index contributed by atoms with van der Waals surface area (Å²) in [7, 11) is -0.542. The lowest BCUT2D eigenvalue weighted by Crippen LogP contribution is -2.32. The van der Waals surface area contributed by atoms with Crippen LogP contribution in [0.5, 0.6) is 11.5 Å². The van der Waals surface area contributed by atoms with Crippen LogP contribution in [0.4, 0.5) is 0 Å². The molecule has 0 bridgehead atoms. The van der Waals surface area contributed by atoms with Gasteiger partial charge in [-0.05, 0) is 25.0 Å². The first-order valence-electron chi connectivity index (χ1n) is 6.38. The predicted octanol–water partition coefficient (Wildman–Crippen LogP) is 1.16. The van der Waals surface area contributed by atoms with Gasteiger partial charge in [0.25, 0.3) is 0 Å². The lowest BCUT2D eigenvalue weighted by molar-refractivity contribution is 0.353. The Morgan fingerprint density at radius 2 is 1.81 bits per heavy atom. The van der Waals surface area contributed by atoms with E-state index in [1.165, 1.54) is 24.6 Å². The number of aryl methyl sites for hydroxylation is 1. The molecule has 1 heterocycles. The molecule has 1 aliphatic heterocycles. The second kappa shape index (κ2) is 6.83. The van der Waals surface area contributed by atoms with Gasteiger partial charge in [0, 0.05) is 25.2 Å². The minimum Gasteiger partial charge on any atom is -0.493 e. The maximum Gasteiger partial charge on any atom is 0.243 e. The van der Waals surface area contributed by atoms with Crippen molar-refractivity contribution in [2.24, 2.45) is 5.73 Å². The molecular weight excluding hydrogens is 316 g/mol. The molecule has 0 aliphatic carbocycles. The lowest BCUT2D eigenvalue weighted by Gasteiger charge is -2.19. The zero-order chi connectivity index (χ0) is 14.9. The van der Waals surface area contributed by atoms with Gasteiger partial charge in [-0.3, -0.25) is 0 Å². The third-order valence-corrected chi connectivity index (χ3v) is 5.49. The van der Waals surface area contributed by atoms with E-state index in [4.69, 9.17) is 15.2 Å². The molecule has 1 aromatic rings. The Hall–Kier alpha value is -1.02. The molecule has 0 amide bonds. The largest absolute Gasteiger partial charge is 0.493 e. The summed E-state index contributed by atoms with van der Waals surface area (Å²) in [5, 5.41) is 0. The Bertz CT molecular complexity index is 606. The predicted molar refractivity (Wildman–Crippen MR) is 82.9 cm³/mol. The minimum absolute atomic E-state index is 0. The fourth-order valence-electron chi connectivity index (χ4n) is 2.35. The minimum atomic E-state index is -3.54. The molecule has 1 atom stereocenters. The Kier molecular flexibility index (Phi) is 5.86. The molecule has 1 saturated heterocycles. The van der Waals surface area contributed by atoms with Gasteiger partial charge in [-0.15, -0.1) is 12.4 Å². The van der Waals surface area contributed by atoms with Crippen LogP contribution < -0.4 is 15.2 Å². The first-order valence-corrected chi connectivity index (χ1v) is 7.82. The van der Waals surface area contributed by atoms with E-state index in [0.717, 1.165) is 0 Å². The zero-order valence-corrected chi connectivity index (χ0v) is 14.0. The van der Waals surface area contributed by atoms with Gasteiger partial charge in [0.2, 0.25) is 10.0 Å². The Balaban J connectivity index is 0.00000220. The molecule has 0 aromatic heterocycles. The molecule has 2 rings (SSSR count). The van der Waals surface area contributed by atoms with Crippen LogP contribution in [0.3, 0.4) is 0 Å². The molecule has 0 spiro atoms. The van der Waals surface area contributed by atoms with Crippen LogP contribution in [0.15, 0.2) is 17.0 Å². The summed E-state index contributed by atoms with van der Waals surface area (Å²) >= 11 is 0. The maximum atomic E-state index is 12.6. The first-order chi connectivity index (χ1) is 9.40. The van der Waals surface area contributed by atoms with E-state index in [0.29, 0.717) is 36.6 Å². The zero-order valence-electron chi connectivity index (χ0n) is 12.3. The van der Waals surface area contributed by atoms with Crippen molar-refractivity contribution in [1.29, 1.82) is 0 Å². The van der Waals surface area contributed by atoms with Crippen molar-refractivity contribution in [2.75, 3.05) is 27.3 Å². The number of nitrogens with two attached hydrogens (primary N) is 1. The van der Waals surface area contributed by atoms with Gasteiger partial charge in [-0.2, -0.15) is 4.31 Å². The average Bonchev–Trinajstić information content (AvgIpc) is 2.85. The number of methoxy groups -OCH3 is 2. The van der Waals surface area contributed by atoms with E-state index in [2.05, 4.69) is 0 Å². The molecule has 0 radical (unpaired) electrons. The molecule has 120 valence electrons. The molecular formula is C13H21ClN2O4S. The normalized spacial score (nSPS) is 19.1. The molecule has 1 fully saturated rings. The Labute approximate surface area is 131 Å². The van der Waals surface area contributed by atoms with Crippen LogP contribution in [0.2, 0.25) is 0 Å². The number of benzene rings is 1. The van der Waals surface area contributed by atoms with Crippen LogP contribution in [-0.2, 0) is 10.0 Å². The van der Waals surface area contributed by atoms with Crippen LogP contribution in [0.1, 0.15) is 12.0 Å². The summed E-state index contributed by atoms with van der Waals surface area (Å²) in [4.78, 5) is 0.240. The van der Waals surface area contributed by atoms with E-state index < -0.39 is 10.0 Å². The van der Waals surface area contributed by atoms with Crippen molar-refractivity contribution < 1.29 is 17.9 Å². The van der Waals surface area contributed by atoms with E-state index >= 15 is 0 Å². The topological polar surface area (TPSA) is 81.9 Å². The summed E-state index contributed by atoms with van der Waals surface area (Å²) in [6.07, 6.45) is 0.686. The number of nitrogens with zero attached hydrogens (tertiary/aromatic N) is 1. The third kappa shape index (κ3) is 3.42. The molecule has 8 heteroatoms. The van der Waals surface area contributed by atoms with Gasteiger partial charge in [-0.25, -0.2) is 8.42 Å². The van der Waals surface area contributed by atoms with Crippen molar-refractivity contribution in [3.63, 3.8) is 0 Å². The lowest BCUT2D eigenvalue weighted by atomic mass is 10.2. The van der Waals surface area contributed by atoms with Crippen LogP contribution in [0.25, 0.3) is 0 Å². The summed E-state index contributed by atoms with van der Waals surface area (Å²) in [6, 6.07) is 3.08. The molecule has 1 aliphatic rings. The fourth-order valence-corrected chi connectivity index (χ4v) is 4.08. The monoisotopic (exact) mass is 336 g/mol. The highest BCUT2D eigenvalue weighted by atomic mass is 35.5. The Morgan fingerprint density at radius 1 is 1.24 bits per heavy atom. The van der Waals surface area contributed by atoms with Gasteiger partial charge in [-0.1, -0.05) is 0 Å². The van der Waals surface area contributed by atoms with Gasteiger partial charge in [0.05, 0.1) is 19.1 Å². The van der Waals surface area contributed by atoms with Crippen LogP contribution in [0, 0.1) is 6.92 Å². The number of sulfonamides is 1. The summed E-state index contributed by atoms with van der Waals surface area (Å²) < 4.78 is 37.1. The van der Waals surface area contributed by atoms with Crippen LogP contribution in [-0.4, -0.2) is 46.1 Å². The van der Waals surface area contributed by atoms with E-state index in [-0.39, 0.29) is 23.3 Å². The van der Waals surface area contributed by atoms with Crippen molar-refractivity contribution in [3.05, 3.63) is 17.7 Å². The van der Waals surface area contributed by atoms with E-state index in [1.54, 1.807) is 13.0 Å². The van der Waals surface area contributed by atoms with Crippen LogP contribution >= 0.6 is 12.4 Å². The second-order valence-corrected chi connectivity index (χ2v) is 6.79. The highest BCUT2D eigenvalue weighted by Crippen LogP contribution is 2.34. The van der Waals surface area contributed by atoms with Crippen molar-refractivity contribution >= 4 is 22.4 Å². The van der Waals surface area contributed by atoms with Crippen molar-refractivity contribution in [1.82, 2.24) is 4.31 Å². The van der Waals surface area contributed by atoms with Gasteiger partial charge < -0.3 is 15.2 Å². The SMILES string of the molecule is COc1cc(C)c(S(=O)(=O)N2CCC(N)C2)cc1OC.Cl. The highest BCUT2D eigenvalue weighted by molar-refractivity contribution is 7.89. The molecule has 0 saturated carbocycles. The summed E-state index contributed by atoms with van der Waals surface area (Å²) in [6.45, 7) is 2.55. The van der Waals surface area contributed by atoms with E-state index in [1.807, 2.05) is 0 Å². The molecule has 21 heavy (non-hydrogen) atoms. The van der Waals surface area contributed by atoms with Gasteiger partial charge in [0.15, 0.2) is 11.5 Å². The number of ether oxygens (including phenoxy) is 2. The molecule has 1 aromatic carbocycles. The second-order valence-electron chi connectivity index (χ2n) is 4.88. The molecule has 6 nitrogen and oxygen atoms in total. The van der Waals surface area contributed by atoms with Gasteiger partial charge >= 0.3 is 0 Å². The Morgan fingerprint density at radius 3 is 2.29 bits per heavy atom. The third-order valence-electron chi connectivity index (χ3n) is 3.49. The summed E-state index contributed by atoms with van der Waals surface area (Å²) in [5.41, 5.74) is 6.42. The number of halogens is 1. The number of hydrogen-bond acceptors (Lipinski definition) is 5. The number of rotatable bonds is 4. The highest BCUT2D eigenvalue weighted by Gasteiger charge is 2.32. The smallest absolute Gasteiger partial charge is 0.243 e. The number of hydrogen-bond donors (Lipinski definition) is 1. The first kappa shape index (κ1) is 18.0. The standard InChI is InChI=1S/C13H20N2O4S.ClH/c1-9-6-11(18-2)12(19-3)7-13(9)20(16,17)15-5-4-10(14)8-15;/h6-7,10H,4-5,8,14H2,1-3H3;1H. The van der Waals surface area contributed by atoms with Crippen molar-refractivity contribution in [3.8, 4) is 11.5 Å². The fraction of sp³-hybridized carbons (Fsp3) is 0.538. The summed E-state index contributed by atoms with van der Waals surface area (Å²) in [5.74, 6) is 0.919. The average molecular weight is 337 g/mol. The quantitative estimate of drug-likeness (QED) is 0.892. The maximum absolute atomic E-state index is 12.6.